The Morgan fingerprint density at radius 3 is 2.80 bits per heavy atom. The highest BCUT2D eigenvalue weighted by atomic mass is 32.1. The molecule has 1 aliphatic rings. The Balaban J connectivity index is 2.08. The molecular weight excluding hydrogens is 278 g/mol. The number of amides is 1. The molecule has 0 aliphatic carbocycles. The van der Waals surface area contributed by atoms with Crippen LogP contribution in [0.2, 0.25) is 0 Å². The number of hydrogen-bond acceptors (Lipinski definition) is 5. The van der Waals surface area contributed by atoms with Gasteiger partial charge in [0.15, 0.2) is 0 Å². The van der Waals surface area contributed by atoms with Crippen molar-refractivity contribution < 1.29 is 9.53 Å². The second kappa shape index (κ2) is 4.99. The van der Waals surface area contributed by atoms with Gasteiger partial charge in [0.25, 0.3) is 11.5 Å². The van der Waals surface area contributed by atoms with Gasteiger partial charge in [-0.05, 0) is 12.5 Å². The monoisotopic (exact) mass is 293 g/mol. The number of ether oxygens (including phenoxy) is 1. The van der Waals surface area contributed by atoms with E-state index in [-0.39, 0.29) is 11.5 Å². The number of hydrogen-bond donors (Lipinski definition) is 0. The minimum Gasteiger partial charge on any atom is -0.378 e. The molecule has 0 radical (unpaired) electrons. The summed E-state index contributed by atoms with van der Waals surface area (Å²) in [5.74, 6) is -0.0316. The van der Waals surface area contributed by atoms with Crippen molar-refractivity contribution in [3.8, 4) is 0 Å². The number of aryl methyl sites for hydroxylation is 2. The van der Waals surface area contributed by atoms with Crippen molar-refractivity contribution in [2.24, 2.45) is 7.05 Å². The van der Waals surface area contributed by atoms with Crippen LogP contribution in [0.25, 0.3) is 10.2 Å². The van der Waals surface area contributed by atoms with Gasteiger partial charge in [-0.1, -0.05) is 0 Å². The Hall–Kier alpha value is -1.73. The van der Waals surface area contributed by atoms with E-state index in [1.165, 1.54) is 22.2 Å². The Morgan fingerprint density at radius 2 is 2.10 bits per heavy atom. The Bertz CT molecular complexity index is 728. The van der Waals surface area contributed by atoms with Crippen LogP contribution in [0, 0.1) is 6.92 Å². The number of aromatic nitrogens is 2. The van der Waals surface area contributed by atoms with Crippen molar-refractivity contribution in [1.82, 2.24) is 14.5 Å². The van der Waals surface area contributed by atoms with E-state index in [2.05, 4.69) is 4.98 Å². The van der Waals surface area contributed by atoms with Gasteiger partial charge in [-0.3, -0.25) is 9.59 Å². The molecule has 0 saturated carbocycles. The lowest BCUT2D eigenvalue weighted by Crippen LogP contribution is -2.40. The van der Waals surface area contributed by atoms with E-state index in [4.69, 9.17) is 4.74 Å². The molecule has 0 spiro atoms. The van der Waals surface area contributed by atoms with E-state index >= 15 is 0 Å². The predicted molar refractivity (Wildman–Crippen MR) is 76.3 cm³/mol. The topological polar surface area (TPSA) is 64.4 Å². The number of nitrogens with zero attached hydrogens (tertiary/aromatic N) is 3. The fourth-order valence-corrected chi connectivity index (χ4v) is 3.43. The van der Waals surface area contributed by atoms with Crippen LogP contribution in [0.1, 0.15) is 15.2 Å². The van der Waals surface area contributed by atoms with E-state index in [0.29, 0.717) is 41.4 Å². The van der Waals surface area contributed by atoms with E-state index < -0.39 is 0 Å². The maximum Gasteiger partial charge on any atom is 0.264 e. The zero-order valence-electron chi connectivity index (χ0n) is 11.4. The van der Waals surface area contributed by atoms with E-state index in [9.17, 15) is 9.59 Å². The third kappa shape index (κ3) is 2.03. The lowest BCUT2D eigenvalue weighted by Gasteiger charge is -2.26. The highest BCUT2D eigenvalue weighted by Gasteiger charge is 2.24. The van der Waals surface area contributed by atoms with Gasteiger partial charge in [-0.2, -0.15) is 0 Å². The zero-order valence-corrected chi connectivity index (χ0v) is 12.2. The van der Waals surface area contributed by atoms with E-state index in [0.717, 1.165) is 5.56 Å². The largest absolute Gasteiger partial charge is 0.378 e. The van der Waals surface area contributed by atoms with Crippen LogP contribution in [-0.4, -0.2) is 46.7 Å². The van der Waals surface area contributed by atoms with Crippen LogP contribution in [0.4, 0.5) is 0 Å². The molecule has 20 heavy (non-hydrogen) atoms. The van der Waals surface area contributed by atoms with Crippen molar-refractivity contribution in [3.05, 3.63) is 27.1 Å². The fraction of sp³-hybridized carbons (Fsp3) is 0.462. The van der Waals surface area contributed by atoms with Crippen molar-refractivity contribution in [1.29, 1.82) is 0 Å². The lowest BCUT2D eigenvalue weighted by molar-refractivity contribution is 0.0306. The highest BCUT2D eigenvalue weighted by molar-refractivity contribution is 7.20. The molecule has 1 amide bonds. The summed E-state index contributed by atoms with van der Waals surface area (Å²) in [6.07, 6.45) is 1.49. The van der Waals surface area contributed by atoms with Crippen LogP contribution in [0.15, 0.2) is 11.1 Å². The standard InChI is InChI=1S/C13H15N3O3S/c1-8-9-11(14-7-15(2)12(9)17)20-10(8)13(18)16-3-5-19-6-4-16/h7H,3-6H2,1-2H3. The molecule has 3 rings (SSSR count). The first-order valence-electron chi connectivity index (χ1n) is 6.41. The van der Waals surface area contributed by atoms with Crippen LogP contribution >= 0.6 is 11.3 Å². The van der Waals surface area contributed by atoms with Gasteiger partial charge in [0, 0.05) is 20.1 Å². The van der Waals surface area contributed by atoms with Gasteiger partial charge in [-0.25, -0.2) is 4.98 Å². The van der Waals surface area contributed by atoms with Gasteiger partial charge in [0.1, 0.15) is 4.83 Å². The molecule has 0 N–H and O–H groups in total. The molecular formula is C13H15N3O3S. The number of rotatable bonds is 1. The fourth-order valence-electron chi connectivity index (χ4n) is 2.32. The summed E-state index contributed by atoms with van der Waals surface area (Å²) in [6, 6.07) is 0. The second-order valence-corrected chi connectivity index (χ2v) is 5.80. The summed E-state index contributed by atoms with van der Waals surface area (Å²) in [5.41, 5.74) is 0.625. The average molecular weight is 293 g/mol. The summed E-state index contributed by atoms with van der Waals surface area (Å²) in [7, 11) is 1.66. The number of thiophene rings is 1. The van der Waals surface area contributed by atoms with Crippen LogP contribution in [0.5, 0.6) is 0 Å². The average Bonchev–Trinajstić information content (AvgIpc) is 2.81. The first kappa shape index (κ1) is 13.3. The molecule has 2 aromatic heterocycles. The number of carbonyl (C=O) groups excluding carboxylic acids is 1. The summed E-state index contributed by atoms with van der Waals surface area (Å²) < 4.78 is 6.69. The molecule has 0 bridgehead atoms. The quantitative estimate of drug-likeness (QED) is 0.779. The van der Waals surface area contributed by atoms with Crippen molar-refractivity contribution in [3.63, 3.8) is 0 Å². The molecule has 0 unspecified atom stereocenters. The van der Waals surface area contributed by atoms with Gasteiger partial charge < -0.3 is 14.2 Å². The van der Waals surface area contributed by atoms with Crippen molar-refractivity contribution in [2.75, 3.05) is 26.3 Å². The van der Waals surface area contributed by atoms with Crippen LogP contribution < -0.4 is 5.56 Å². The molecule has 7 heteroatoms. The summed E-state index contributed by atoms with van der Waals surface area (Å²) in [5, 5.41) is 0.552. The smallest absolute Gasteiger partial charge is 0.264 e. The van der Waals surface area contributed by atoms with Crippen molar-refractivity contribution in [2.45, 2.75) is 6.92 Å². The minimum atomic E-state index is -0.107. The number of fused-ring (bicyclic) bond motifs is 1. The van der Waals surface area contributed by atoms with Gasteiger partial charge >= 0.3 is 0 Å². The number of morpholine rings is 1. The minimum absolute atomic E-state index is 0.0316. The molecule has 1 fully saturated rings. The first-order chi connectivity index (χ1) is 9.59. The Kier molecular flexibility index (Phi) is 3.31. The molecule has 1 saturated heterocycles. The molecule has 1 aliphatic heterocycles. The maximum absolute atomic E-state index is 12.5. The first-order valence-corrected chi connectivity index (χ1v) is 7.23. The molecule has 106 valence electrons. The Labute approximate surface area is 119 Å². The number of carbonyl (C=O) groups is 1. The van der Waals surface area contributed by atoms with E-state index in [1.54, 1.807) is 11.9 Å². The summed E-state index contributed by atoms with van der Waals surface area (Å²) in [6.45, 7) is 4.14. The summed E-state index contributed by atoms with van der Waals surface area (Å²) in [4.78, 5) is 31.9. The normalized spacial score (nSPS) is 15.8. The van der Waals surface area contributed by atoms with E-state index in [1.807, 2.05) is 6.92 Å². The van der Waals surface area contributed by atoms with Gasteiger partial charge in [-0.15, -0.1) is 11.3 Å². The summed E-state index contributed by atoms with van der Waals surface area (Å²) >= 11 is 1.29. The molecule has 0 aromatic carbocycles. The third-order valence-corrected chi connectivity index (χ3v) is 4.69. The molecule has 0 atom stereocenters. The van der Waals surface area contributed by atoms with Gasteiger partial charge in [0.05, 0.1) is 29.8 Å². The molecule has 2 aromatic rings. The molecule has 3 heterocycles. The van der Waals surface area contributed by atoms with Gasteiger partial charge in [0.2, 0.25) is 0 Å². The second-order valence-electron chi connectivity index (χ2n) is 4.80. The predicted octanol–water partition coefficient (Wildman–Crippen LogP) is 0.776. The van der Waals surface area contributed by atoms with Crippen molar-refractivity contribution >= 4 is 27.5 Å². The highest BCUT2D eigenvalue weighted by Crippen LogP contribution is 2.28. The Morgan fingerprint density at radius 1 is 1.40 bits per heavy atom. The van der Waals surface area contributed by atoms with Crippen LogP contribution in [0.3, 0.4) is 0 Å². The third-order valence-electron chi connectivity index (χ3n) is 3.50. The van der Waals surface area contributed by atoms with Crippen LogP contribution in [-0.2, 0) is 11.8 Å². The zero-order chi connectivity index (χ0) is 14.3. The maximum atomic E-state index is 12.5. The SMILES string of the molecule is Cc1c(C(=O)N2CCOCC2)sc2ncn(C)c(=O)c12. The molecule has 6 nitrogen and oxygen atoms in total. The lowest BCUT2D eigenvalue weighted by atomic mass is 10.2.